The highest BCUT2D eigenvalue weighted by atomic mass is 32.2. The van der Waals surface area contributed by atoms with Gasteiger partial charge < -0.3 is 5.32 Å². The maximum absolute atomic E-state index is 13.7. The molecule has 0 aromatic heterocycles. The van der Waals surface area contributed by atoms with Crippen molar-refractivity contribution in [2.75, 3.05) is 12.8 Å². The molecule has 0 amide bonds. The van der Waals surface area contributed by atoms with E-state index in [9.17, 15) is 4.39 Å². The summed E-state index contributed by atoms with van der Waals surface area (Å²) in [7, 11) is 0. The second-order valence-corrected chi connectivity index (χ2v) is 5.99. The van der Waals surface area contributed by atoms with Crippen LogP contribution in [0.2, 0.25) is 0 Å². The lowest BCUT2D eigenvalue weighted by atomic mass is 10.0. The van der Waals surface area contributed by atoms with Crippen LogP contribution < -0.4 is 5.32 Å². The van der Waals surface area contributed by atoms with Crippen molar-refractivity contribution in [3.05, 3.63) is 35.6 Å². The van der Waals surface area contributed by atoms with E-state index in [2.05, 4.69) is 25.4 Å². The van der Waals surface area contributed by atoms with Crippen LogP contribution in [0.4, 0.5) is 4.39 Å². The first-order chi connectivity index (χ1) is 8.58. The van der Waals surface area contributed by atoms with E-state index in [1.165, 1.54) is 6.07 Å². The summed E-state index contributed by atoms with van der Waals surface area (Å²) in [6.45, 7) is 7.37. The molecule has 0 heterocycles. The van der Waals surface area contributed by atoms with Crippen LogP contribution in [0.3, 0.4) is 0 Å². The molecule has 1 N–H and O–H groups in total. The maximum Gasteiger partial charge on any atom is 0.127 e. The molecular formula is C15H24FNS. The molecule has 0 spiro atoms. The third kappa shape index (κ3) is 3.72. The molecule has 0 saturated heterocycles. The molecule has 0 aliphatic carbocycles. The lowest BCUT2D eigenvalue weighted by Crippen LogP contribution is -2.37. The Labute approximate surface area is 115 Å². The van der Waals surface area contributed by atoms with Crippen molar-refractivity contribution >= 4 is 11.8 Å². The molecule has 1 nitrogen and oxygen atoms in total. The summed E-state index contributed by atoms with van der Waals surface area (Å²) in [5.74, 6) is -0.125. The molecule has 0 bridgehead atoms. The van der Waals surface area contributed by atoms with Gasteiger partial charge in [0.1, 0.15) is 5.82 Å². The zero-order valence-corrected chi connectivity index (χ0v) is 12.6. The van der Waals surface area contributed by atoms with Crippen LogP contribution in [0.5, 0.6) is 0 Å². The van der Waals surface area contributed by atoms with Crippen LogP contribution >= 0.6 is 11.8 Å². The topological polar surface area (TPSA) is 12.0 Å². The highest BCUT2D eigenvalue weighted by Crippen LogP contribution is 2.30. The summed E-state index contributed by atoms with van der Waals surface area (Å²) in [4.78, 5) is 0. The summed E-state index contributed by atoms with van der Waals surface area (Å²) in [5.41, 5.74) is 0.750. The van der Waals surface area contributed by atoms with E-state index in [-0.39, 0.29) is 16.6 Å². The Morgan fingerprint density at radius 2 is 1.89 bits per heavy atom. The first-order valence-corrected chi connectivity index (χ1v) is 7.84. The van der Waals surface area contributed by atoms with Crippen molar-refractivity contribution in [3.8, 4) is 0 Å². The number of halogens is 1. The van der Waals surface area contributed by atoms with Crippen LogP contribution in [-0.2, 0) is 0 Å². The minimum absolute atomic E-state index is 0.0517. The fraction of sp³-hybridized carbons (Fsp3) is 0.600. The van der Waals surface area contributed by atoms with E-state index in [1.807, 2.05) is 30.8 Å². The Morgan fingerprint density at radius 3 is 2.39 bits per heavy atom. The van der Waals surface area contributed by atoms with Gasteiger partial charge in [-0.2, -0.15) is 11.8 Å². The quantitative estimate of drug-likeness (QED) is 0.787. The Kier molecular flexibility index (Phi) is 6.16. The van der Waals surface area contributed by atoms with Crippen molar-refractivity contribution in [1.82, 2.24) is 5.32 Å². The standard InChI is InChI=1S/C15H24FNS/c1-5-15(6-2,18-4)11-17-12(3)13-9-7-8-10-14(13)16/h7-10,12,17H,5-6,11H2,1-4H3. The average Bonchev–Trinajstić information content (AvgIpc) is 2.41. The number of nitrogens with one attached hydrogen (secondary N) is 1. The Morgan fingerprint density at radius 1 is 1.28 bits per heavy atom. The summed E-state index contributed by atoms with van der Waals surface area (Å²) >= 11 is 1.90. The van der Waals surface area contributed by atoms with Gasteiger partial charge in [0.25, 0.3) is 0 Å². The van der Waals surface area contributed by atoms with Crippen LogP contribution in [0.15, 0.2) is 24.3 Å². The summed E-state index contributed by atoms with van der Waals surface area (Å²) in [5, 5.41) is 3.47. The predicted octanol–water partition coefficient (Wildman–Crippen LogP) is 4.40. The lowest BCUT2D eigenvalue weighted by molar-refractivity contribution is 0.450. The van der Waals surface area contributed by atoms with Gasteiger partial charge in [-0.05, 0) is 32.1 Å². The Bertz CT molecular complexity index is 355. The minimum Gasteiger partial charge on any atom is -0.309 e. The van der Waals surface area contributed by atoms with E-state index >= 15 is 0 Å². The molecule has 0 fully saturated rings. The highest BCUT2D eigenvalue weighted by Gasteiger charge is 2.25. The van der Waals surface area contributed by atoms with E-state index in [4.69, 9.17) is 0 Å². The molecule has 1 aromatic rings. The molecular weight excluding hydrogens is 245 g/mol. The van der Waals surface area contributed by atoms with Gasteiger partial charge in [-0.25, -0.2) is 4.39 Å². The Balaban J connectivity index is 2.66. The van der Waals surface area contributed by atoms with Crippen molar-refractivity contribution < 1.29 is 4.39 Å². The van der Waals surface area contributed by atoms with Crippen molar-refractivity contribution in [2.24, 2.45) is 0 Å². The molecule has 0 saturated carbocycles. The van der Waals surface area contributed by atoms with Gasteiger partial charge >= 0.3 is 0 Å². The van der Waals surface area contributed by atoms with Crippen molar-refractivity contribution in [2.45, 2.75) is 44.4 Å². The first kappa shape index (κ1) is 15.5. The monoisotopic (exact) mass is 269 g/mol. The Hall–Kier alpha value is -0.540. The average molecular weight is 269 g/mol. The minimum atomic E-state index is -0.125. The van der Waals surface area contributed by atoms with Gasteiger partial charge in [0.05, 0.1) is 0 Å². The number of hydrogen-bond acceptors (Lipinski definition) is 2. The van der Waals surface area contributed by atoms with Gasteiger partial charge in [0.2, 0.25) is 0 Å². The summed E-state index contributed by atoms with van der Waals surface area (Å²) < 4.78 is 13.9. The van der Waals surface area contributed by atoms with Crippen LogP contribution in [0, 0.1) is 5.82 Å². The third-order valence-electron chi connectivity index (χ3n) is 3.82. The smallest absolute Gasteiger partial charge is 0.127 e. The van der Waals surface area contributed by atoms with Crippen LogP contribution in [-0.4, -0.2) is 17.5 Å². The molecule has 0 radical (unpaired) electrons. The van der Waals surface area contributed by atoms with Gasteiger partial charge in [-0.1, -0.05) is 32.0 Å². The van der Waals surface area contributed by atoms with Crippen LogP contribution in [0.1, 0.15) is 45.2 Å². The number of benzene rings is 1. The molecule has 1 rings (SSSR count). The zero-order chi connectivity index (χ0) is 13.6. The number of thioether (sulfide) groups is 1. The van der Waals surface area contributed by atoms with Gasteiger partial charge in [-0.3, -0.25) is 0 Å². The molecule has 0 aliphatic heterocycles. The number of hydrogen-bond donors (Lipinski definition) is 1. The molecule has 1 unspecified atom stereocenters. The summed E-state index contributed by atoms with van der Waals surface area (Å²) in [6.07, 6.45) is 4.41. The fourth-order valence-corrected chi connectivity index (χ4v) is 2.94. The molecule has 0 aliphatic rings. The SMILES string of the molecule is CCC(CC)(CNC(C)c1ccccc1F)SC. The summed E-state index contributed by atoms with van der Waals surface area (Å²) in [6, 6.07) is 7.05. The van der Waals surface area contributed by atoms with Crippen molar-refractivity contribution in [3.63, 3.8) is 0 Å². The van der Waals surface area contributed by atoms with Gasteiger partial charge in [0.15, 0.2) is 0 Å². The molecule has 1 atom stereocenters. The second kappa shape index (κ2) is 7.15. The van der Waals surface area contributed by atoms with E-state index in [1.54, 1.807) is 6.07 Å². The van der Waals surface area contributed by atoms with E-state index in [0.29, 0.717) is 0 Å². The van der Waals surface area contributed by atoms with Gasteiger partial charge in [-0.15, -0.1) is 0 Å². The second-order valence-electron chi connectivity index (χ2n) is 4.72. The predicted molar refractivity (Wildman–Crippen MR) is 79.6 cm³/mol. The van der Waals surface area contributed by atoms with Crippen molar-refractivity contribution in [1.29, 1.82) is 0 Å². The highest BCUT2D eigenvalue weighted by molar-refractivity contribution is 8.00. The van der Waals surface area contributed by atoms with Crippen LogP contribution in [0.25, 0.3) is 0 Å². The third-order valence-corrected chi connectivity index (χ3v) is 5.41. The van der Waals surface area contributed by atoms with E-state index < -0.39 is 0 Å². The molecule has 18 heavy (non-hydrogen) atoms. The molecule has 102 valence electrons. The molecule has 3 heteroatoms. The van der Waals surface area contributed by atoms with Gasteiger partial charge in [0, 0.05) is 22.9 Å². The fourth-order valence-electron chi connectivity index (χ4n) is 2.14. The van der Waals surface area contributed by atoms with E-state index in [0.717, 1.165) is 24.9 Å². The maximum atomic E-state index is 13.7. The lowest BCUT2D eigenvalue weighted by Gasteiger charge is -2.31. The largest absolute Gasteiger partial charge is 0.309 e. The normalized spacial score (nSPS) is 13.6. The number of rotatable bonds is 7. The first-order valence-electron chi connectivity index (χ1n) is 6.61. The zero-order valence-electron chi connectivity index (χ0n) is 11.8. The molecule has 1 aromatic carbocycles.